The van der Waals surface area contributed by atoms with Gasteiger partial charge in [-0.15, -0.1) is 0 Å². The second-order valence-corrected chi connectivity index (χ2v) is 2.29. The van der Waals surface area contributed by atoms with Crippen molar-refractivity contribution in [1.29, 1.82) is 0 Å². The molecular formula is C8H11NO3. The van der Waals surface area contributed by atoms with Crippen LogP contribution >= 0.6 is 0 Å². The molecule has 0 amide bonds. The second kappa shape index (κ2) is 3.21. The number of anilines is 1. The molecule has 0 saturated heterocycles. The second-order valence-electron chi connectivity index (χ2n) is 2.29. The summed E-state index contributed by atoms with van der Waals surface area (Å²) in [6, 6.07) is 2.75. The molecule has 3 N–H and O–H groups in total. The van der Waals surface area contributed by atoms with E-state index in [-0.39, 0.29) is 17.2 Å². The predicted octanol–water partition coefficient (Wildman–Crippen LogP) is 1.15. The molecule has 0 fully saturated rings. The Kier molecular flexibility index (Phi) is 2.28. The Balaban J connectivity index is 3.16. The fourth-order valence-corrected chi connectivity index (χ4v) is 0.921. The molecule has 4 nitrogen and oxygen atoms in total. The van der Waals surface area contributed by atoms with Crippen LogP contribution in [0.1, 0.15) is 0 Å². The van der Waals surface area contributed by atoms with Gasteiger partial charge in [-0.3, -0.25) is 0 Å². The van der Waals surface area contributed by atoms with Crippen molar-refractivity contribution in [2.24, 2.45) is 0 Å². The van der Waals surface area contributed by atoms with Crippen LogP contribution in [-0.4, -0.2) is 24.4 Å². The summed E-state index contributed by atoms with van der Waals surface area (Å²) in [7, 11) is 3.08. The van der Waals surface area contributed by atoms with E-state index in [0.29, 0.717) is 5.69 Å². The Labute approximate surface area is 70.4 Å². The number of phenols is 2. The number of phenolic OH excluding ortho intramolecular Hbond substituents is 2. The van der Waals surface area contributed by atoms with Crippen LogP contribution in [0.3, 0.4) is 0 Å². The van der Waals surface area contributed by atoms with Gasteiger partial charge >= 0.3 is 0 Å². The van der Waals surface area contributed by atoms with E-state index in [4.69, 9.17) is 4.74 Å². The maximum absolute atomic E-state index is 9.29. The number of methoxy groups -OCH3 is 1. The third-order valence-corrected chi connectivity index (χ3v) is 1.57. The third-order valence-electron chi connectivity index (χ3n) is 1.57. The molecule has 0 aliphatic heterocycles. The van der Waals surface area contributed by atoms with E-state index in [1.807, 2.05) is 0 Å². The smallest absolute Gasteiger partial charge is 0.164 e. The molecule has 0 aliphatic rings. The standard InChI is InChI=1S/C8H11NO3/c1-9-5-3-7(11)8(12-2)4-6(5)10/h3-4,9-11H,1-2H3. The lowest BCUT2D eigenvalue weighted by molar-refractivity contribution is 0.369. The van der Waals surface area contributed by atoms with Crippen LogP contribution < -0.4 is 10.1 Å². The first-order valence-electron chi connectivity index (χ1n) is 3.46. The number of nitrogens with one attached hydrogen (secondary N) is 1. The van der Waals surface area contributed by atoms with Gasteiger partial charge in [-0.1, -0.05) is 0 Å². The summed E-state index contributed by atoms with van der Waals surface area (Å²) in [5.41, 5.74) is 0.466. The zero-order chi connectivity index (χ0) is 9.14. The first-order valence-corrected chi connectivity index (χ1v) is 3.46. The summed E-state index contributed by atoms with van der Waals surface area (Å²) in [6.07, 6.45) is 0. The summed E-state index contributed by atoms with van der Waals surface area (Å²) in [5.74, 6) is 0.304. The first-order chi connectivity index (χ1) is 5.69. The fraction of sp³-hybridized carbons (Fsp3) is 0.250. The van der Waals surface area contributed by atoms with Gasteiger partial charge in [-0.2, -0.15) is 0 Å². The number of ether oxygens (including phenoxy) is 1. The molecule has 0 atom stereocenters. The summed E-state index contributed by atoms with van der Waals surface area (Å²) in [4.78, 5) is 0. The van der Waals surface area contributed by atoms with Crippen molar-refractivity contribution in [2.75, 3.05) is 19.5 Å². The Hall–Kier alpha value is -1.58. The van der Waals surface area contributed by atoms with Gasteiger partial charge in [-0.05, 0) is 0 Å². The molecule has 12 heavy (non-hydrogen) atoms. The van der Waals surface area contributed by atoms with Crippen LogP contribution in [0.5, 0.6) is 17.2 Å². The zero-order valence-corrected chi connectivity index (χ0v) is 6.96. The monoisotopic (exact) mass is 169 g/mol. The van der Waals surface area contributed by atoms with Gasteiger partial charge < -0.3 is 20.3 Å². The quantitative estimate of drug-likeness (QED) is 0.459. The molecule has 0 aliphatic carbocycles. The number of hydrogen-bond acceptors (Lipinski definition) is 4. The van der Waals surface area contributed by atoms with Crippen molar-refractivity contribution < 1.29 is 14.9 Å². The van der Waals surface area contributed by atoms with Crippen LogP contribution in [0.2, 0.25) is 0 Å². The van der Waals surface area contributed by atoms with Crippen molar-refractivity contribution in [2.45, 2.75) is 0 Å². The summed E-state index contributed by atoms with van der Waals surface area (Å²) >= 11 is 0. The molecule has 1 aromatic carbocycles. The van der Waals surface area contributed by atoms with Crippen molar-refractivity contribution >= 4 is 5.69 Å². The predicted molar refractivity (Wildman–Crippen MR) is 45.9 cm³/mol. The highest BCUT2D eigenvalue weighted by Crippen LogP contribution is 2.35. The molecule has 0 unspecified atom stereocenters. The Morgan fingerprint density at radius 2 is 1.92 bits per heavy atom. The Morgan fingerprint density at radius 1 is 1.25 bits per heavy atom. The number of benzene rings is 1. The lowest BCUT2D eigenvalue weighted by Crippen LogP contribution is -1.90. The summed E-state index contributed by atoms with van der Waals surface area (Å²) in [5, 5.41) is 21.3. The number of hydrogen-bond donors (Lipinski definition) is 3. The van der Waals surface area contributed by atoms with E-state index < -0.39 is 0 Å². The normalized spacial score (nSPS) is 9.50. The SMILES string of the molecule is CNc1cc(O)c(OC)cc1O. The molecular weight excluding hydrogens is 158 g/mol. The molecule has 0 spiro atoms. The van der Waals surface area contributed by atoms with E-state index in [2.05, 4.69) is 5.32 Å². The lowest BCUT2D eigenvalue weighted by Gasteiger charge is -2.07. The Morgan fingerprint density at radius 3 is 2.42 bits per heavy atom. The number of rotatable bonds is 2. The van der Waals surface area contributed by atoms with Crippen molar-refractivity contribution in [1.82, 2.24) is 0 Å². The van der Waals surface area contributed by atoms with Gasteiger partial charge in [-0.25, -0.2) is 0 Å². The minimum absolute atomic E-state index is 0.000324. The maximum atomic E-state index is 9.29. The molecule has 66 valence electrons. The summed E-state index contributed by atoms with van der Waals surface area (Å²) < 4.78 is 4.79. The summed E-state index contributed by atoms with van der Waals surface area (Å²) in [6.45, 7) is 0. The molecule has 1 rings (SSSR count). The van der Waals surface area contributed by atoms with E-state index in [1.165, 1.54) is 19.2 Å². The van der Waals surface area contributed by atoms with E-state index in [0.717, 1.165) is 0 Å². The topological polar surface area (TPSA) is 61.7 Å². The average molecular weight is 169 g/mol. The van der Waals surface area contributed by atoms with Crippen molar-refractivity contribution in [3.8, 4) is 17.2 Å². The highest BCUT2D eigenvalue weighted by Gasteiger charge is 2.06. The van der Waals surface area contributed by atoms with E-state index in [9.17, 15) is 10.2 Å². The van der Waals surface area contributed by atoms with Gasteiger partial charge in [0.15, 0.2) is 11.5 Å². The molecule has 4 heteroatoms. The Bertz CT molecular complexity index is 256. The lowest BCUT2D eigenvalue weighted by atomic mass is 10.2. The highest BCUT2D eigenvalue weighted by molar-refractivity contribution is 5.63. The van der Waals surface area contributed by atoms with Gasteiger partial charge in [0.05, 0.1) is 12.8 Å². The highest BCUT2D eigenvalue weighted by atomic mass is 16.5. The fourth-order valence-electron chi connectivity index (χ4n) is 0.921. The molecule has 0 bridgehead atoms. The first kappa shape index (κ1) is 8.52. The van der Waals surface area contributed by atoms with E-state index in [1.54, 1.807) is 7.05 Å². The van der Waals surface area contributed by atoms with Crippen LogP contribution in [0, 0.1) is 0 Å². The van der Waals surface area contributed by atoms with E-state index >= 15 is 0 Å². The van der Waals surface area contributed by atoms with Gasteiger partial charge in [0, 0.05) is 19.2 Å². The van der Waals surface area contributed by atoms with Crippen molar-refractivity contribution in [3.63, 3.8) is 0 Å². The molecule has 1 aromatic rings. The largest absolute Gasteiger partial charge is 0.506 e. The van der Waals surface area contributed by atoms with Gasteiger partial charge in [0.2, 0.25) is 0 Å². The zero-order valence-electron chi connectivity index (χ0n) is 6.96. The van der Waals surface area contributed by atoms with Crippen LogP contribution in [0.15, 0.2) is 12.1 Å². The van der Waals surface area contributed by atoms with Gasteiger partial charge in [0.25, 0.3) is 0 Å². The average Bonchev–Trinajstić information content (AvgIpc) is 2.08. The minimum atomic E-state index is -0.000324. The van der Waals surface area contributed by atoms with Crippen molar-refractivity contribution in [3.05, 3.63) is 12.1 Å². The van der Waals surface area contributed by atoms with Gasteiger partial charge in [0.1, 0.15) is 5.75 Å². The number of aromatic hydroxyl groups is 2. The maximum Gasteiger partial charge on any atom is 0.164 e. The molecule has 0 aromatic heterocycles. The molecule has 0 saturated carbocycles. The molecule has 0 radical (unpaired) electrons. The third kappa shape index (κ3) is 1.37. The minimum Gasteiger partial charge on any atom is -0.506 e. The van der Waals surface area contributed by atoms with Crippen LogP contribution in [0.4, 0.5) is 5.69 Å². The van der Waals surface area contributed by atoms with Crippen LogP contribution in [0.25, 0.3) is 0 Å². The molecule has 0 heterocycles. The van der Waals surface area contributed by atoms with Crippen LogP contribution in [-0.2, 0) is 0 Å².